The molecular weight excluding hydrogens is 383 g/mol. The minimum absolute atomic E-state index is 0.0153. The topological polar surface area (TPSA) is 42.4 Å². The molecular formula is C19H19F5N2O2. The number of fused-ring (bicyclic) bond motifs is 1. The van der Waals surface area contributed by atoms with Crippen molar-refractivity contribution in [2.45, 2.75) is 38.3 Å². The van der Waals surface area contributed by atoms with Crippen LogP contribution in [0.25, 0.3) is 10.9 Å². The number of ether oxygens (including phenoxy) is 1. The van der Waals surface area contributed by atoms with E-state index < -0.39 is 23.6 Å². The first-order valence-corrected chi connectivity index (χ1v) is 8.92. The van der Waals surface area contributed by atoms with E-state index in [4.69, 9.17) is 4.74 Å². The van der Waals surface area contributed by atoms with Crippen LogP contribution in [-0.4, -0.2) is 36.6 Å². The molecule has 3 rings (SSSR count). The maximum absolute atomic E-state index is 13.7. The standard InChI is InChI=1S/C19H19F5N2O2/c1-2-28-17(27)14-11-12-10-13(19(22,23)24)4-5-15(12)25-16(14)26-8-3-6-18(20,21)7-9-26/h4-5,10-11H,2-3,6-9H2,1H3. The van der Waals surface area contributed by atoms with Gasteiger partial charge in [0.15, 0.2) is 0 Å². The highest BCUT2D eigenvalue weighted by Gasteiger charge is 2.34. The SMILES string of the molecule is CCOC(=O)c1cc2cc(C(F)(F)F)ccc2nc1N1CCCC(F)(F)CC1. The van der Waals surface area contributed by atoms with E-state index in [-0.39, 0.29) is 61.2 Å². The molecule has 1 aliphatic rings. The van der Waals surface area contributed by atoms with E-state index >= 15 is 0 Å². The molecule has 9 heteroatoms. The first-order valence-electron chi connectivity index (χ1n) is 8.92. The molecule has 0 bridgehead atoms. The fourth-order valence-corrected chi connectivity index (χ4v) is 3.22. The van der Waals surface area contributed by atoms with Gasteiger partial charge in [-0.05, 0) is 37.6 Å². The molecule has 1 aromatic heterocycles. The number of pyridine rings is 1. The van der Waals surface area contributed by atoms with Crippen LogP contribution >= 0.6 is 0 Å². The molecule has 0 unspecified atom stereocenters. The van der Waals surface area contributed by atoms with Gasteiger partial charge in [-0.2, -0.15) is 13.2 Å². The molecule has 152 valence electrons. The summed E-state index contributed by atoms with van der Waals surface area (Å²) in [5.74, 6) is -3.39. The van der Waals surface area contributed by atoms with E-state index in [1.807, 2.05) is 0 Å². The Hall–Kier alpha value is -2.45. The summed E-state index contributed by atoms with van der Waals surface area (Å²) >= 11 is 0. The molecule has 0 aliphatic carbocycles. The van der Waals surface area contributed by atoms with Crippen molar-refractivity contribution in [3.8, 4) is 0 Å². The van der Waals surface area contributed by atoms with Gasteiger partial charge in [-0.15, -0.1) is 0 Å². The van der Waals surface area contributed by atoms with Gasteiger partial charge in [0.25, 0.3) is 0 Å². The predicted molar refractivity (Wildman–Crippen MR) is 93.7 cm³/mol. The third-order valence-electron chi connectivity index (χ3n) is 4.63. The highest BCUT2D eigenvalue weighted by Crippen LogP contribution is 2.34. The number of carbonyl (C=O) groups is 1. The van der Waals surface area contributed by atoms with Crippen LogP contribution in [0, 0.1) is 0 Å². The van der Waals surface area contributed by atoms with Crippen molar-refractivity contribution >= 4 is 22.7 Å². The predicted octanol–water partition coefficient (Wildman–Crippen LogP) is 5.06. The lowest BCUT2D eigenvalue weighted by Crippen LogP contribution is -2.28. The average Bonchev–Trinajstić information content (AvgIpc) is 2.80. The van der Waals surface area contributed by atoms with Gasteiger partial charge >= 0.3 is 12.1 Å². The molecule has 1 saturated heterocycles. The van der Waals surface area contributed by atoms with Gasteiger partial charge in [0.1, 0.15) is 11.4 Å². The first-order chi connectivity index (χ1) is 13.1. The fraction of sp³-hybridized carbons (Fsp3) is 0.474. The van der Waals surface area contributed by atoms with Gasteiger partial charge in [-0.25, -0.2) is 18.6 Å². The smallest absolute Gasteiger partial charge is 0.416 e. The summed E-state index contributed by atoms with van der Waals surface area (Å²) in [6, 6.07) is 4.31. The molecule has 0 radical (unpaired) electrons. The summed E-state index contributed by atoms with van der Waals surface area (Å²) < 4.78 is 71.4. The number of carbonyl (C=O) groups excluding carboxylic acids is 1. The average molecular weight is 402 g/mol. The number of anilines is 1. The second-order valence-electron chi connectivity index (χ2n) is 6.68. The van der Waals surface area contributed by atoms with Crippen LogP contribution < -0.4 is 4.90 Å². The molecule has 2 aromatic rings. The Kier molecular flexibility index (Phi) is 5.45. The fourth-order valence-electron chi connectivity index (χ4n) is 3.22. The Bertz CT molecular complexity index is 882. The largest absolute Gasteiger partial charge is 0.462 e. The Morgan fingerprint density at radius 2 is 1.96 bits per heavy atom. The van der Waals surface area contributed by atoms with E-state index in [1.165, 1.54) is 12.1 Å². The zero-order chi connectivity index (χ0) is 20.5. The Morgan fingerprint density at radius 1 is 1.21 bits per heavy atom. The van der Waals surface area contributed by atoms with E-state index in [9.17, 15) is 26.7 Å². The minimum Gasteiger partial charge on any atom is -0.462 e. The van der Waals surface area contributed by atoms with Crippen molar-refractivity contribution in [1.29, 1.82) is 0 Å². The Labute approximate surface area is 158 Å². The third-order valence-corrected chi connectivity index (χ3v) is 4.63. The monoisotopic (exact) mass is 402 g/mol. The van der Waals surface area contributed by atoms with Gasteiger partial charge < -0.3 is 9.64 Å². The van der Waals surface area contributed by atoms with Crippen LogP contribution in [0.2, 0.25) is 0 Å². The molecule has 2 heterocycles. The van der Waals surface area contributed by atoms with Crippen LogP contribution in [0.5, 0.6) is 0 Å². The number of nitrogens with zero attached hydrogens (tertiary/aromatic N) is 2. The number of hydrogen-bond acceptors (Lipinski definition) is 4. The lowest BCUT2D eigenvalue weighted by molar-refractivity contribution is -0.137. The number of rotatable bonds is 3. The summed E-state index contributed by atoms with van der Waals surface area (Å²) in [7, 11) is 0. The molecule has 1 aliphatic heterocycles. The van der Waals surface area contributed by atoms with Crippen LogP contribution in [-0.2, 0) is 10.9 Å². The highest BCUT2D eigenvalue weighted by atomic mass is 19.4. The van der Waals surface area contributed by atoms with Crippen molar-refractivity contribution in [2.75, 3.05) is 24.6 Å². The van der Waals surface area contributed by atoms with E-state index in [0.29, 0.717) is 0 Å². The van der Waals surface area contributed by atoms with Crippen molar-refractivity contribution in [3.05, 3.63) is 35.4 Å². The number of halogens is 5. The maximum atomic E-state index is 13.7. The van der Waals surface area contributed by atoms with Crippen LogP contribution in [0.4, 0.5) is 27.8 Å². The van der Waals surface area contributed by atoms with E-state index in [2.05, 4.69) is 4.98 Å². The van der Waals surface area contributed by atoms with E-state index in [1.54, 1.807) is 11.8 Å². The van der Waals surface area contributed by atoms with Crippen LogP contribution in [0.15, 0.2) is 24.3 Å². The molecule has 0 saturated carbocycles. The van der Waals surface area contributed by atoms with Crippen LogP contribution in [0.3, 0.4) is 0 Å². The normalized spacial score (nSPS) is 17.4. The Morgan fingerprint density at radius 3 is 2.64 bits per heavy atom. The first kappa shape index (κ1) is 20.3. The second kappa shape index (κ2) is 7.52. The lowest BCUT2D eigenvalue weighted by Gasteiger charge is -2.24. The highest BCUT2D eigenvalue weighted by molar-refractivity contribution is 5.99. The summed E-state index contributed by atoms with van der Waals surface area (Å²) in [5, 5.41) is 0.127. The summed E-state index contributed by atoms with van der Waals surface area (Å²) in [5.41, 5.74) is -0.648. The molecule has 0 atom stereocenters. The summed E-state index contributed by atoms with van der Waals surface area (Å²) in [4.78, 5) is 18.3. The number of hydrogen-bond donors (Lipinski definition) is 0. The lowest BCUT2D eigenvalue weighted by atomic mass is 10.1. The molecule has 1 aromatic carbocycles. The third kappa shape index (κ3) is 4.34. The molecule has 4 nitrogen and oxygen atoms in total. The van der Waals surface area contributed by atoms with E-state index in [0.717, 1.165) is 12.1 Å². The Balaban J connectivity index is 2.09. The summed E-state index contributed by atoms with van der Waals surface area (Å²) in [6.07, 6.45) is -4.97. The maximum Gasteiger partial charge on any atom is 0.416 e. The number of aromatic nitrogens is 1. The number of esters is 1. The molecule has 1 fully saturated rings. The number of benzene rings is 1. The van der Waals surface area contributed by atoms with Crippen molar-refractivity contribution in [2.24, 2.45) is 0 Å². The molecule has 28 heavy (non-hydrogen) atoms. The zero-order valence-corrected chi connectivity index (χ0v) is 15.2. The van der Waals surface area contributed by atoms with Gasteiger partial charge in [-0.1, -0.05) is 0 Å². The molecule has 0 N–H and O–H groups in total. The van der Waals surface area contributed by atoms with Crippen molar-refractivity contribution in [3.63, 3.8) is 0 Å². The second-order valence-corrected chi connectivity index (χ2v) is 6.68. The molecule has 0 amide bonds. The van der Waals surface area contributed by atoms with Crippen molar-refractivity contribution < 1.29 is 31.5 Å². The van der Waals surface area contributed by atoms with Crippen molar-refractivity contribution in [1.82, 2.24) is 4.98 Å². The van der Waals surface area contributed by atoms with Gasteiger partial charge in [0.2, 0.25) is 5.92 Å². The van der Waals surface area contributed by atoms with Gasteiger partial charge in [0.05, 0.1) is 17.7 Å². The van der Waals surface area contributed by atoms with Gasteiger partial charge in [-0.3, -0.25) is 0 Å². The zero-order valence-electron chi connectivity index (χ0n) is 15.2. The summed E-state index contributed by atoms with van der Waals surface area (Å²) in [6.45, 7) is 1.91. The minimum atomic E-state index is -4.53. The molecule has 0 spiro atoms. The van der Waals surface area contributed by atoms with Gasteiger partial charge in [0, 0.05) is 31.3 Å². The quantitative estimate of drug-likeness (QED) is 0.532. The van der Waals surface area contributed by atoms with Crippen LogP contribution in [0.1, 0.15) is 42.1 Å². The number of alkyl halides is 5.